The zero-order chi connectivity index (χ0) is 26.0. The maximum Gasteiger partial charge on any atom is 0.126 e. The maximum absolute atomic E-state index is 13.4. The number of halogens is 2. The number of piperazine rings is 1. The first kappa shape index (κ1) is 27.3. The van der Waals surface area contributed by atoms with E-state index in [2.05, 4.69) is 44.5 Å². The summed E-state index contributed by atoms with van der Waals surface area (Å²) in [5.74, 6) is 1.30. The molecule has 0 spiro atoms. The molecule has 198 valence electrons. The van der Waals surface area contributed by atoms with Crippen molar-refractivity contribution in [1.29, 1.82) is 0 Å². The molecular weight excluding hydrogens is 487 g/mol. The lowest BCUT2D eigenvalue weighted by Crippen LogP contribution is -2.42. The van der Waals surface area contributed by atoms with Crippen molar-refractivity contribution in [3.05, 3.63) is 71.1 Å². The Morgan fingerprint density at radius 2 is 1.62 bits per heavy atom. The Bertz CT molecular complexity index is 1120. The first-order valence-corrected chi connectivity index (χ1v) is 13.6. The first-order chi connectivity index (χ1) is 18.0. The van der Waals surface area contributed by atoms with Crippen LogP contribution in [0.2, 0.25) is 5.02 Å². The lowest BCUT2D eigenvalue weighted by molar-refractivity contribution is 0.181. The van der Waals surface area contributed by atoms with Crippen LogP contribution >= 0.6 is 11.6 Å². The van der Waals surface area contributed by atoms with Crippen LogP contribution in [0.25, 0.3) is 11.3 Å². The van der Waals surface area contributed by atoms with Gasteiger partial charge in [0.25, 0.3) is 0 Å². The van der Waals surface area contributed by atoms with Crippen LogP contribution in [-0.4, -0.2) is 66.1 Å². The molecule has 2 N–H and O–H groups in total. The lowest BCUT2D eigenvalue weighted by atomic mass is 9.95. The molecular formula is C29H38ClFN6. The Morgan fingerprint density at radius 3 is 2.32 bits per heavy atom. The van der Waals surface area contributed by atoms with Crippen molar-refractivity contribution in [2.24, 2.45) is 0 Å². The average Bonchev–Trinajstić information content (AvgIpc) is 2.91. The van der Waals surface area contributed by atoms with Gasteiger partial charge in [0.15, 0.2) is 0 Å². The fourth-order valence-electron chi connectivity index (χ4n) is 4.60. The highest BCUT2D eigenvalue weighted by molar-refractivity contribution is 6.33. The van der Waals surface area contributed by atoms with Gasteiger partial charge in [-0.2, -0.15) is 0 Å². The van der Waals surface area contributed by atoms with Gasteiger partial charge < -0.3 is 20.4 Å². The predicted molar refractivity (Wildman–Crippen MR) is 152 cm³/mol. The molecule has 2 aromatic heterocycles. The standard InChI is InChI=1S/C23H24ClFN4.C6H14N2/c24-20-15-27-23(28-18-8-2-1-3-9-18)13-19(20)21-10-5-11-22(29-21)26-14-16-6-4-7-17(25)12-16;1-7-3-5-8(2)6-4-7/h4-7,10-13,15,18H,1-3,8-9,14H2,(H,26,29)(H,27,28);3-6H2,1-2H3. The first-order valence-electron chi connectivity index (χ1n) is 13.2. The van der Waals surface area contributed by atoms with Gasteiger partial charge in [0, 0.05) is 50.5 Å². The molecule has 0 bridgehead atoms. The Morgan fingerprint density at radius 1 is 0.919 bits per heavy atom. The van der Waals surface area contributed by atoms with E-state index in [1.807, 2.05) is 30.3 Å². The highest BCUT2D eigenvalue weighted by Gasteiger charge is 2.15. The maximum atomic E-state index is 13.4. The molecule has 1 aliphatic heterocycles. The highest BCUT2D eigenvalue weighted by atomic mass is 35.5. The molecule has 3 heterocycles. The monoisotopic (exact) mass is 524 g/mol. The van der Waals surface area contributed by atoms with Crippen molar-refractivity contribution in [3.8, 4) is 11.3 Å². The zero-order valence-electron chi connectivity index (χ0n) is 21.9. The smallest absolute Gasteiger partial charge is 0.126 e. The van der Waals surface area contributed by atoms with Crippen LogP contribution in [0.4, 0.5) is 16.0 Å². The molecule has 2 fully saturated rings. The van der Waals surface area contributed by atoms with E-state index < -0.39 is 0 Å². The van der Waals surface area contributed by atoms with Gasteiger partial charge in [0.2, 0.25) is 0 Å². The van der Waals surface area contributed by atoms with Crippen LogP contribution in [0.15, 0.2) is 54.7 Å². The number of hydrogen-bond donors (Lipinski definition) is 2. The summed E-state index contributed by atoms with van der Waals surface area (Å²) in [5, 5.41) is 7.35. The summed E-state index contributed by atoms with van der Waals surface area (Å²) in [7, 11) is 4.35. The number of likely N-dealkylation sites (N-methyl/N-ethyl adjacent to an activating group) is 2. The summed E-state index contributed by atoms with van der Waals surface area (Å²) in [4.78, 5) is 13.8. The van der Waals surface area contributed by atoms with Gasteiger partial charge in [-0.1, -0.05) is 49.1 Å². The number of rotatable bonds is 6. The molecule has 0 atom stereocenters. The summed E-state index contributed by atoms with van der Waals surface area (Å²) in [5.41, 5.74) is 2.47. The number of nitrogens with zero attached hydrogens (tertiary/aromatic N) is 4. The van der Waals surface area contributed by atoms with E-state index in [0.29, 0.717) is 23.4 Å². The second-order valence-electron chi connectivity index (χ2n) is 10.0. The summed E-state index contributed by atoms with van der Waals surface area (Å²) < 4.78 is 13.4. The number of aromatic nitrogens is 2. The van der Waals surface area contributed by atoms with Gasteiger partial charge in [-0.3, -0.25) is 0 Å². The Labute approximate surface area is 225 Å². The van der Waals surface area contributed by atoms with Crippen LogP contribution in [0.3, 0.4) is 0 Å². The summed E-state index contributed by atoms with van der Waals surface area (Å²) in [6.07, 6.45) is 7.87. The fourth-order valence-corrected chi connectivity index (χ4v) is 4.80. The third-order valence-electron chi connectivity index (χ3n) is 6.93. The normalized spacial score (nSPS) is 17.1. The van der Waals surface area contributed by atoms with E-state index >= 15 is 0 Å². The molecule has 0 unspecified atom stereocenters. The third kappa shape index (κ3) is 8.66. The van der Waals surface area contributed by atoms with Gasteiger partial charge in [0.1, 0.15) is 17.5 Å². The van der Waals surface area contributed by atoms with Crippen molar-refractivity contribution >= 4 is 23.2 Å². The summed E-state index contributed by atoms with van der Waals surface area (Å²) in [6.45, 7) is 5.42. The number of anilines is 2. The molecule has 2 aliphatic rings. The summed E-state index contributed by atoms with van der Waals surface area (Å²) >= 11 is 6.42. The zero-order valence-corrected chi connectivity index (χ0v) is 22.6. The van der Waals surface area contributed by atoms with Crippen LogP contribution in [0.5, 0.6) is 0 Å². The van der Waals surface area contributed by atoms with E-state index in [1.165, 1.54) is 70.4 Å². The van der Waals surface area contributed by atoms with E-state index in [9.17, 15) is 4.39 Å². The highest BCUT2D eigenvalue weighted by Crippen LogP contribution is 2.30. The van der Waals surface area contributed by atoms with E-state index in [4.69, 9.17) is 11.6 Å². The SMILES string of the molecule is CN1CCN(C)CC1.Fc1cccc(CNc2cccc(-c3cc(NC4CCCCC4)ncc3Cl)n2)c1. The molecule has 0 amide bonds. The molecule has 3 aromatic rings. The largest absolute Gasteiger partial charge is 0.367 e. The third-order valence-corrected chi connectivity index (χ3v) is 7.23. The second kappa shape index (κ2) is 13.7. The summed E-state index contributed by atoms with van der Waals surface area (Å²) in [6, 6.07) is 14.7. The van der Waals surface area contributed by atoms with Crippen LogP contribution < -0.4 is 10.6 Å². The Balaban J connectivity index is 0.000000342. The van der Waals surface area contributed by atoms with Crippen LogP contribution in [-0.2, 0) is 6.54 Å². The molecule has 1 saturated heterocycles. The minimum atomic E-state index is -0.243. The number of pyridine rings is 2. The van der Waals surface area contributed by atoms with Gasteiger partial charge in [-0.05, 0) is 62.8 Å². The topological polar surface area (TPSA) is 56.3 Å². The molecule has 37 heavy (non-hydrogen) atoms. The molecule has 5 rings (SSSR count). The van der Waals surface area contributed by atoms with Crippen molar-refractivity contribution < 1.29 is 4.39 Å². The number of hydrogen-bond acceptors (Lipinski definition) is 6. The minimum absolute atomic E-state index is 0.243. The Hall–Kier alpha value is -2.74. The van der Waals surface area contributed by atoms with Crippen molar-refractivity contribution in [2.75, 3.05) is 50.9 Å². The average molecular weight is 525 g/mol. The Kier molecular flexibility index (Phi) is 10.1. The quantitative estimate of drug-likeness (QED) is 0.403. The number of nitrogens with one attached hydrogen (secondary N) is 2. The van der Waals surface area contributed by atoms with E-state index in [1.54, 1.807) is 12.3 Å². The van der Waals surface area contributed by atoms with Gasteiger partial charge in [-0.15, -0.1) is 0 Å². The van der Waals surface area contributed by atoms with Gasteiger partial charge in [0.05, 0.1) is 10.7 Å². The molecule has 1 aliphatic carbocycles. The number of benzene rings is 1. The second-order valence-corrected chi connectivity index (χ2v) is 10.4. The molecule has 1 saturated carbocycles. The van der Waals surface area contributed by atoms with Crippen molar-refractivity contribution in [3.63, 3.8) is 0 Å². The molecule has 6 nitrogen and oxygen atoms in total. The van der Waals surface area contributed by atoms with E-state index in [0.717, 1.165) is 22.6 Å². The molecule has 1 aromatic carbocycles. The lowest BCUT2D eigenvalue weighted by Gasteiger charge is -2.28. The van der Waals surface area contributed by atoms with E-state index in [-0.39, 0.29) is 5.82 Å². The predicted octanol–water partition coefficient (Wildman–Crippen LogP) is 6.16. The molecule has 8 heteroatoms. The van der Waals surface area contributed by atoms with Gasteiger partial charge in [-0.25, -0.2) is 14.4 Å². The van der Waals surface area contributed by atoms with Crippen molar-refractivity contribution in [2.45, 2.75) is 44.7 Å². The van der Waals surface area contributed by atoms with Crippen LogP contribution in [0, 0.1) is 5.82 Å². The minimum Gasteiger partial charge on any atom is -0.367 e. The molecule has 0 radical (unpaired) electrons. The fraction of sp³-hybridized carbons (Fsp3) is 0.448. The van der Waals surface area contributed by atoms with Crippen LogP contribution in [0.1, 0.15) is 37.7 Å². The van der Waals surface area contributed by atoms with Crippen molar-refractivity contribution in [1.82, 2.24) is 19.8 Å². The van der Waals surface area contributed by atoms with Gasteiger partial charge >= 0.3 is 0 Å².